The van der Waals surface area contributed by atoms with E-state index in [0.717, 1.165) is 25.3 Å². The van der Waals surface area contributed by atoms with E-state index in [9.17, 15) is 0 Å². The molecule has 0 aromatic carbocycles. The van der Waals surface area contributed by atoms with E-state index in [0.29, 0.717) is 11.8 Å². The number of hydrogen-bond donors (Lipinski definition) is 3. The van der Waals surface area contributed by atoms with Crippen molar-refractivity contribution in [2.45, 2.75) is 39.5 Å². The average Bonchev–Trinajstić information content (AvgIpc) is 2.10. The standard InChI is InChI=1S/C10H23N3.2ClH2/c1-3-9(7-11)6-8(2)4-5-10(12)13;;/h8-9H,3-7,11H2,1-2H3,(H3,12,13);2*1H2/q;2*+1/p+2. The highest BCUT2D eigenvalue weighted by Gasteiger charge is 2.12. The fraction of sp³-hybridized carbons (Fsp3) is 0.900. The van der Waals surface area contributed by atoms with Crippen LogP contribution >= 0.6 is 0 Å². The molecule has 94 valence electrons. The van der Waals surface area contributed by atoms with E-state index in [1.807, 2.05) is 0 Å². The zero-order valence-corrected chi connectivity index (χ0v) is 11.7. The minimum absolute atomic E-state index is 0. The van der Waals surface area contributed by atoms with Gasteiger partial charge in [0.05, 0.1) is 31.4 Å². The molecule has 0 aliphatic heterocycles. The van der Waals surface area contributed by atoms with Gasteiger partial charge in [0.2, 0.25) is 5.84 Å². The molecule has 0 aliphatic rings. The first kappa shape index (κ1) is 20.4. The topological polar surface area (TPSA) is 79.2 Å². The Hall–Kier alpha value is 0.01000. The Morgan fingerprint density at radius 3 is 2.27 bits per heavy atom. The molecule has 0 fully saturated rings. The zero-order chi connectivity index (χ0) is 10.3. The molecule has 2 unspecified atom stereocenters. The Labute approximate surface area is 106 Å². The van der Waals surface area contributed by atoms with Crippen LogP contribution in [-0.4, -0.2) is 12.4 Å². The van der Waals surface area contributed by atoms with Crippen LogP contribution in [0.3, 0.4) is 0 Å². The van der Waals surface area contributed by atoms with E-state index in [-0.39, 0.29) is 24.8 Å². The van der Waals surface area contributed by atoms with Gasteiger partial charge < -0.3 is 5.73 Å². The molecule has 0 aliphatic carbocycles. The van der Waals surface area contributed by atoms with E-state index in [4.69, 9.17) is 11.1 Å². The average molecular weight is 262 g/mol. The summed E-state index contributed by atoms with van der Waals surface area (Å²) in [5.74, 6) is 2.05. The largest absolute Gasteiger partial charge is 0.357 e. The summed E-state index contributed by atoms with van der Waals surface area (Å²) in [5.41, 5.74) is 9.37. The number of quaternary nitrogens is 1. The highest BCUT2D eigenvalue weighted by Crippen LogP contribution is 2.17. The lowest BCUT2D eigenvalue weighted by atomic mass is 9.91. The van der Waals surface area contributed by atoms with Crippen molar-refractivity contribution in [3.63, 3.8) is 0 Å². The van der Waals surface area contributed by atoms with Crippen molar-refractivity contribution in [1.82, 2.24) is 0 Å². The summed E-state index contributed by atoms with van der Waals surface area (Å²) >= 11 is 0. The van der Waals surface area contributed by atoms with Crippen molar-refractivity contribution in [2.24, 2.45) is 17.6 Å². The van der Waals surface area contributed by atoms with Crippen molar-refractivity contribution in [3.05, 3.63) is 0 Å². The SMILES string of the molecule is CCC(C[NH3+])CC(C)CCC(N)=[NH2+].[ClH2+].[ClH2+]. The van der Waals surface area contributed by atoms with Crippen LogP contribution in [0, 0.1) is 36.6 Å². The molecule has 0 rings (SSSR count). The number of amidine groups is 1. The predicted octanol–water partition coefficient (Wildman–Crippen LogP) is -1.89. The van der Waals surface area contributed by atoms with E-state index >= 15 is 0 Å². The summed E-state index contributed by atoms with van der Waals surface area (Å²) in [6, 6.07) is 0. The Morgan fingerprint density at radius 1 is 1.40 bits per heavy atom. The summed E-state index contributed by atoms with van der Waals surface area (Å²) in [4.78, 5) is 0. The molecule has 0 radical (unpaired) electrons. The Balaban J connectivity index is -0.000000720. The zero-order valence-electron chi connectivity index (χ0n) is 9.95. The summed E-state index contributed by atoms with van der Waals surface area (Å²) in [5, 5.41) is 5.42. The maximum atomic E-state index is 5.42. The third-order valence-electron chi connectivity index (χ3n) is 2.65. The molecule has 2 atom stereocenters. The molecule has 7 N–H and O–H groups in total. The highest BCUT2D eigenvalue weighted by molar-refractivity contribution is 5.73. The van der Waals surface area contributed by atoms with Crippen molar-refractivity contribution >= 4 is 5.84 Å². The van der Waals surface area contributed by atoms with Gasteiger partial charge in [-0.25, -0.2) is 0 Å². The van der Waals surface area contributed by atoms with E-state index in [1.54, 1.807) is 0 Å². The Morgan fingerprint density at radius 2 is 1.93 bits per heavy atom. The van der Waals surface area contributed by atoms with Crippen LogP contribution in [0.2, 0.25) is 0 Å². The molecule has 0 aromatic heterocycles. The summed E-state index contributed by atoms with van der Waals surface area (Å²) < 4.78 is 0. The second kappa shape index (κ2) is 12.1. The van der Waals surface area contributed by atoms with Gasteiger partial charge in [-0.2, -0.15) is 0 Å². The molecule has 5 heteroatoms. The normalized spacial score (nSPS) is 13.3. The van der Waals surface area contributed by atoms with Gasteiger partial charge in [-0.15, -0.1) is 0 Å². The molecule has 0 saturated carbocycles. The van der Waals surface area contributed by atoms with E-state index < -0.39 is 0 Å². The molecule has 0 bridgehead atoms. The maximum absolute atomic E-state index is 5.42. The minimum Gasteiger partial charge on any atom is -0.357 e. The first-order valence-electron chi connectivity index (χ1n) is 5.26. The lowest BCUT2D eigenvalue weighted by Gasteiger charge is -2.15. The minimum atomic E-state index is 0. The summed E-state index contributed by atoms with van der Waals surface area (Å²) in [7, 11) is 0. The number of halogens is 2. The van der Waals surface area contributed by atoms with Gasteiger partial charge in [0, 0.05) is 12.3 Å². The number of hydrogen-bond acceptors (Lipinski definition) is 0. The monoisotopic (exact) mass is 261 g/mol. The molecular formula is C10H29Cl2N3+4. The molecule has 0 amide bonds. The first-order chi connectivity index (χ1) is 6.10. The molecule has 0 aromatic rings. The third kappa shape index (κ3) is 11.9. The van der Waals surface area contributed by atoms with Crippen LogP contribution in [0.4, 0.5) is 0 Å². The van der Waals surface area contributed by atoms with Crippen molar-refractivity contribution < 1.29 is 36.0 Å². The first-order valence-corrected chi connectivity index (χ1v) is 5.26. The third-order valence-corrected chi connectivity index (χ3v) is 2.65. The molecule has 0 heterocycles. The van der Waals surface area contributed by atoms with E-state index in [2.05, 4.69) is 19.6 Å². The van der Waals surface area contributed by atoms with E-state index in [1.165, 1.54) is 12.8 Å². The molecule has 15 heavy (non-hydrogen) atoms. The Bertz CT molecular complexity index is 150. The fourth-order valence-corrected chi connectivity index (χ4v) is 1.59. The van der Waals surface area contributed by atoms with Gasteiger partial charge in [0.1, 0.15) is 0 Å². The summed E-state index contributed by atoms with van der Waals surface area (Å²) in [6.45, 7) is 5.54. The smallest absolute Gasteiger partial charge is 0.238 e. The van der Waals surface area contributed by atoms with Gasteiger partial charge in [0.25, 0.3) is 0 Å². The molecule has 3 nitrogen and oxygen atoms in total. The molecule has 0 spiro atoms. The second-order valence-corrected chi connectivity index (χ2v) is 4.02. The number of nitrogens with two attached hydrogens (primary N) is 2. The van der Waals surface area contributed by atoms with Crippen LogP contribution in [0.25, 0.3) is 0 Å². The fourth-order valence-electron chi connectivity index (χ4n) is 1.59. The van der Waals surface area contributed by atoms with Gasteiger partial charge in [0.15, 0.2) is 0 Å². The van der Waals surface area contributed by atoms with Crippen LogP contribution < -0.4 is 16.9 Å². The quantitative estimate of drug-likeness (QED) is 0.364. The van der Waals surface area contributed by atoms with Crippen LogP contribution in [-0.2, 0) is 0 Å². The van der Waals surface area contributed by atoms with Crippen LogP contribution in [0.1, 0.15) is 39.5 Å². The second-order valence-electron chi connectivity index (χ2n) is 4.02. The van der Waals surface area contributed by atoms with Crippen molar-refractivity contribution in [2.75, 3.05) is 6.54 Å². The van der Waals surface area contributed by atoms with Crippen molar-refractivity contribution in [1.29, 1.82) is 0 Å². The van der Waals surface area contributed by atoms with Gasteiger partial charge >= 0.3 is 0 Å². The van der Waals surface area contributed by atoms with Crippen LogP contribution in [0.5, 0.6) is 0 Å². The van der Waals surface area contributed by atoms with Gasteiger partial charge in [-0.05, 0) is 25.2 Å². The van der Waals surface area contributed by atoms with Crippen molar-refractivity contribution in [3.8, 4) is 0 Å². The predicted molar refractivity (Wildman–Crippen MR) is 61.3 cm³/mol. The van der Waals surface area contributed by atoms with Gasteiger partial charge in [-0.1, -0.05) is 13.8 Å². The number of rotatable bonds is 7. The van der Waals surface area contributed by atoms with Gasteiger partial charge in [-0.3, -0.25) is 11.1 Å². The lowest BCUT2D eigenvalue weighted by molar-refractivity contribution is -0.380. The van der Waals surface area contributed by atoms with Crippen LogP contribution in [0.15, 0.2) is 0 Å². The molecular weight excluding hydrogens is 233 g/mol. The molecule has 0 saturated heterocycles. The Kier molecular flexibility index (Phi) is 16.5. The maximum Gasteiger partial charge on any atom is 0.238 e. The highest BCUT2D eigenvalue weighted by atomic mass is 35.5. The summed E-state index contributed by atoms with van der Waals surface area (Å²) in [6.07, 6.45) is 4.45. The lowest BCUT2D eigenvalue weighted by Crippen LogP contribution is -2.53.